The van der Waals surface area contributed by atoms with E-state index in [9.17, 15) is 96.2 Å². The number of esters is 1. The summed E-state index contributed by atoms with van der Waals surface area (Å²) in [6.45, 7) is 5.41. The molecule has 0 saturated carbocycles. The number of amides is 17. The van der Waals surface area contributed by atoms with Crippen molar-refractivity contribution in [1.29, 1.82) is 0 Å². The van der Waals surface area contributed by atoms with Crippen molar-refractivity contribution >= 4 is 135 Å². The first kappa shape index (κ1) is 114. The molecular formula is C99H143FN18O22S. The second-order valence-corrected chi connectivity index (χ2v) is 39.1. The largest absolute Gasteiger partial charge is 0.458 e. The maximum atomic E-state index is 15.7. The molecule has 5 atom stereocenters. The molecule has 2 aromatic heterocycles. The Bertz CT molecular complexity index is 5310. The molecule has 5 heterocycles. The molecule has 17 amide bonds. The van der Waals surface area contributed by atoms with Crippen molar-refractivity contribution < 1.29 is 105 Å². The topological polar surface area (TPSA) is 477 Å². The Hall–Kier alpha value is -12.5. The molecule has 6 N–H and O–H groups in total. The van der Waals surface area contributed by atoms with E-state index >= 15 is 4.39 Å². The van der Waals surface area contributed by atoms with Crippen LogP contribution in [0.3, 0.4) is 0 Å². The Labute approximate surface area is 827 Å². The van der Waals surface area contributed by atoms with Crippen LogP contribution in [0.25, 0.3) is 22.3 Å². The highest BCUT2D eigenvalue weighted by atomic mass is 32.2. The van der Waals surface area contributed by atoms with Crippen LogP contribution in [0.15, 0.2) is 41.2 Å². The van der Waals surface area contributed by atoms with Gasteiger partial charge in [-0.1, -0.05) is 117 Å². The second kappa shape index (κ2) is 53.9. The van der Waals surface area contributed by atoms with Gasteiger partial charge in [0.15, 0.2) is 5.60 Å². The summed E-state index contributed by atoms with van der Waals surface area (Å²) < 4.78 is 28.2. The number of cyclic esters (lactones) is 1. The van der Waals surface area contributed by atoms with E-state index in [0.29, 0.717) is 76.7 Å². The number of aliphatic hydroxyl groups is 1. The predicted molar refractivity (Wildman–Crippen MR) is 523 cm³/mol. The van der Waals surface area contributed by atoms with E-state index in [4.69, 9.17) is 14.5 Å². The minimum absolute atomic E-state index is 0.0166. The third kappa shape index (κ3) is 32.0. The zero-order chi connectivity index (χ0) is 104. The van der Waals surface area contributed by atoms with E-state index < -0.39 is 187 Å². The number of halogens is 1. The van der Waals surface area contributed by atoms with Crippen LogP contribution in [0.1, 0.15) is 221 Å². The first-order valence-corrected chi connectivity index (χ1v) is 49.7. The van der Waals surface area contributed by atoms with Gasteiger partial charge in [0, 0.05) is 132 Å². The minimum Gasteiger partial charge on any atom is -0.458 e. The number of likely N-dealkylation sites (N-methyl/N-ethyl adjacent to an activating group) is 10. The van der Waals surface area contributed by atoms with Gasteiger partial charge in [0.05, 0.1) is 106 Å². The number of nitrogens with one attached hydrogen (secondary N) is 5. The van der Waals surface area contributed by atoms with Gasteiger partial charge in [0.1, 0.15) is 31.1 Å². The van der Waals surface area contributed by atoms with E-state index in [1.165, 1.54) is 156 Å². The SMILES string of the molecule is CCCCCCCCCCCCCCSC1CC(=O)N(CCCCCC(=O)N[C@H](C(=O)N[C@@H](CCCCNC(=O)CN(C)C(=O)CN(C)C(=O)CN(C)C(=O)CN(C)C(=O)CN(C)C(=O)CN(C)C(=O)CN(C)C(=O)CN(C)C(=O)CN(C)C(=O)CN(C)C(C)=O)C(=O)Nc2ccc(COC(=O)NC3CCc4c(C)c(F)cc5nc6c(c3c45)Cn3c-6cc4c(c3=O)COC(=O)[C@]4(O)CC)cc2)C(C)C)C1=O. The number of carbonyl (C=O) groups excluding carboxylic acids is 18. The number of aromatic nitrogens is 2. The molecular weight excluding hydrogens is 1840 g/mol. The number of hydrogen-bond acceptors (Lipinski definition) is 24. The molecule has 2 unspecified atom stereocenters. The number of thioether (sulfide) groups is 1. The molecule has 774 valence electrons. The van der Waals surface area contributed by atoms with Crippen LogP contribution in [0.4, 0.5) is 14.9 Å². The number of fused-ring (bicyclic) bond motifs is 5. The van der Waals surface area contributed by atoms with Crippen molar-refractivity contribution in [3.8, 4) is 11.4 Å². The zero-order valence-corrected chi connectivity index (χ0v) is 85.4. The fourth-order valence-corrected chi connectivity index (χ4v) is 18.2. The van der Waals surface area contributed by atoms with Crippen molar-refractivity contribution in [2.75, 3.05) is 160 Å². The molecule has 4 aromatic rings. The first-order valence-electron chi connectivity index (χ1n) is 48.6. The van der Waals surface area contributed by atoms with Gasteiger partial charge in [-0.2, -0.15) is 0 Å². The van der Waals surface area contributed by atoms with Crippen LogP contribution in [0.2, 0.25) is 0 Å². The third-order valence-electron chi connectivity index (χ3n) is 26.3. The first-order chi connectivity index (χ1) is 66.8. The summed E-state index contributed by atoms with van der Waals surface area (Å²) in [5.41, 5.74) is 1.68. The average Bonchev–Trinajstić information content (AvgIpc) is 1.55. The number of rotatable bonds is 55. The van der Waals surface area contributed by atoms with E-state index in [-0.39, 0.29) is 125 Å². The lowest BCUT2D eigenvalue weighted by atomic mass is 9.81. The molecule has 0 radical (unpaired) electrons. The molecule has 4 aliphatic rings. The minimum atomic E-state index is -2.09. The normalized spacial score (nSPS) is 15.3. The van der Waals surface area contributed by atoms with Gasteiger partial charge < -0.3 is 94.7 Å². The summed E-state index contributed by atoms with van der Waals surface area (Å²) in [7, 11) is 13.3. The number of imide groups is 1. The Morgan fingerprint density at radius 1 is 0.582 bits per heavy atom. The quantitative estimate of drug-likeness (QED) is 0.0169. The number of aryl methyl sites for hydroxylation is 1. The fourth-order valence-electron chi connectivity index (χ4n) is 17.0. The number of benzene rings is 2. The number of pyridine rings is 2. The van der Waals surface area contributed by atoms with Gasteiger partial charge in [-0.3, -0.25) is 86.4 Å². The summed E-state index contributed by atoms with van der Waals surface area (Å²) in [6.07, 6.45) is 16.7. The fraction of sp³-hybridized carbons (Fsp3) is 0.616. The number of alkyl carbamates (subject to hydrolysis) is 1. The molecule has 1 aliphatic carbocycles. The Kier molecular flexibility index (Phi) is 43.5. The smallest absolute Gasteiger partial charge is 0.407 e. The van der Waals surface area contributed by atoms with Gasteiger partial charge >= 0.3 is 12.1 Å². The summed E-state index contributed by atoms with van der Waals surface area (Å²) in [4.78, 5) is 270. The lowest BCUT2D eigenvalue weighted by Crippen LogP contribution is -2.54. The van der Waals surface area contributed by atoms with Crippen LogP contribution in [-0.4, -0.2) is 347 Å². The van der Waals surface area contributed by atoms with Crippen LogP contribution < -0.4 is 32.1 Å². The number of carbonyl (C=O) groups is 18. The highest BCUT2D eigenvalue weighted by Gasteiger charge is 2.47. The highest BCUT2D eigenvalue weighted by Crippen LogP contribution is 2.46. The zero-order valence-electron chi connectivity index (χ0n) is 84.5. The number of ether oxygens (including phenoxy) is 2. The number of unbranched alkanes of at least 4 members (excludes halogenated alkanes) is 14. The molecule has 0 bridgehead atoms. The average molecular weight is 1990 g/mol. The lowest BCUT2D eigenvalue weighted by Gasteiger charge is -2.31. The van der Waals surface area contributed by atoms with Gasteiger partial charge in [0.2, 0.25) is 94.5 Å². The number of anilines is 1. The van der Waals surface area contributed by atoms with Crippen molar-refractivity contribution in [3.63, 3.8) is 0 Å². The van der Waals surface area contributed by atoms with Gasteiger partial charge in [-0.05, 0) is 117 Å². The maximum Gasteiger partial charge on any atom is 0.407 e. The van der Waals surface area contributed by atoms with Gasteiger partial charge in [-0.15, -0.1) is 11.8 Å². The lowest BCUT2D eigenvalue weighted by molar-refractivity contribution is -0.172. The number of hydrogen-bond donors (Lipinski definition) is 6. The van der Waals surface area contributed by atoms with E-state index in [2.05, 4.69) is 33.5 Å². The van der Waals surface area contributed by atoms with Crippen LogP contribution in [0.5, 0.6) is 0 Å². The number of nitrogens with zero attached hydrogens (tertiary/aromatic N) is 13. The van der Waals surface area contributed by atoms with E-state index in [1.54, 1.807) is 69.8 Å². The molecule has 1 saturated heterocycles. The van der Waals surface area contributed by atoms with Gasteiger partial charge in [-0.25, -0.2) is 19.0 Å². The van der Waals surface area contributed by atoms with E-state index in [0.717, 1.165) is 69.1 Å². The second-order valence-electron chi connectivity index (χ2n) is 37.8. The van der Waals surface area contributed by atoms with Gasteiger partial charge in [0.25, 0.3) is 5.56 Å². The summed E-state index contributed by atoms with van der Waals surface area (Å²) in [5.74, 6) is -9.76. The maximum absolute atomic E-state index is 15.7. The van der Waals surface area contributed by atoms with Crippen molar-refractivity contribution in [2.24, 2.45) is 5.92 Å². The number of likely N-dealkylation sites (tertiary alicyclic amines) is 1. The molecule has 8 rings (SSSR count). The van der Waals surface area contributed by atoms with Crippen molar-refractivity contribution in [2.45, 2.75) is 238 Å². The summed E-state index contributed by atoms with van der Waals surface area (Å²) in [6, 6.07) is 6.22. The Balaban J connectivity index is 0.802. The molecule has 40 nitrogen and oxygen atoms in total. The third-order valence-corrected chi connectivity index (χ3v) is 27.6. The monoisotopic (exact) mass is 1990 g/mol. The summed E-state index contributed by atoms with van der Waals surface area (Å²) in [5, 5.41) is 26.0. The van der Waals surface area contributed by atoms with E-state index in [1.807, 2.05) is 0 Å². The molecule has 141 heavy (non-hydrogen) atoms. The van der Waals surface area contributed by atoms with Crippen LogP contribution in [0, 0.1) is 18.7 Å². The highest BCUT2D eigenvalue weighted by molar-refractivity contribution is 8.00. The molecule has 0 spiro atoms. The summed E-state index contributed by atoms with van der Waals surface area (Å²) >= 11 is 1.55. The van der Waals surface area contributed by atoms with Crippen molar-refractivity contribution in [3.05, 3.63) is 91.5 Å². The Morgan fingerprint density at radius 3 is 1.57 bits per heavy atom. The standard InChI is InChI=1S/C99H143FN18O22S/c1-17-19-20-21-22-23-24-25-26-27-28-34-45-141-76-48-79(122)117(96(76)135)44-33-29-30-36-77(120)106-91(62(3)4)94(133)104-73(93(132)102-66-39-37-65(38-40-66)60-140-98(137)105-72-42-41-67-63(5)71(100)47-74-89(67)90(72)68-49-118-75(92(68)103-74)46-70-69(95(118)134)61-139-97(136)99(70,138)18-2)35-31-32-43-101-78(121)50-108(8)81(124)52-110(10)83(126)54-112(12)85(128)56-114(14)87(130)58-116(16)88(131)59-115(15)86(129)57-113(13)84(127)55-111(11)82(125)53-109(9)80(123)51-107(7)64(6)119/h37-40,46-47,62,72-73,76,91,138H,17-36,41-45,48-61H2,1-16H3,(H,101,121)(H,102,132)(H,104,133)(H,105,137)(H,106,120)/t72?,73-,76?,91-,99-/m0/s1. The predicted octanol–water partition coefficient (Wildman–Crippen LogP) is 5.02. The molecule has 3 aliphatic heterocycles. The van der Waals surface area contributed by atoms with Crippen LogP contribution >= 0.6 is 11.8 Å². The molecule has 2 aromatic carbocycles. The molecule has 1 fully saturated rings. The Morgan fingerprint density at radius 2 is 1.07 bits per heavy atom. The molecule has 42 heteroatoms. The van der Waals surface area contributed by atoms with Crippen LogP contribution in [-0.2, 0) is 123 Å². The van der Waals surface area contributed by atoms with Crippen molar-refractivity contribution in [1.82, 2.24) is 84.7 Å².